The van der Waals surface area contributed by atoms with Gasteiger partial charge in [-0.05, 0) is 24.7 Å². The third kappa shape index (κ3) is 2.44. The lowest BCUT2D eigenvalue weighted by atomic mass is 9.84. The molecule has 0 nitrogen and oxygen atoms in total. The van der Waals surface area contributed by atoms with E-state index in [4.69, 9.17) is 0 Å². The fourth-order valence-corrected chi connectivity index (χ4v) is 2.36. The van der Waals surface area contributed by atoms with Crippen molar-refractivity contribution in [1.29, 1.82) is 0 Å². The molecule has 1 aliphatic rings. The van der Waals surface area contributed by atoms with Crippen molar-refractivity contribution in [2.75, 3.05) is 4.43 Å². The van der Waals surface area contributed by atoms with Crippen molar-refractivity contribution in [3.63, 3.8) is 0 Å². The molecule has 0 unspecified atom stereocenters. The molecule has 0 aliphatic heterocycles. The van der Waals surface area contributed by atoms with E-state index in [0.29, 0.717) is 0 Å². The highest BCUT2D eigenvalue weighted by atomic mass is 127. The molecule has 1 heteroatoms. The van der Waals surface area contributed by atoms with Crippen LogP contribution in [0.25, 0.3) is 0 Å². The van der Waals surface area contributed by atoms with E-state index in [9.17, 15) is 0 Å². The molecule has 0 aromatic carbocycles. The topological polar surface area (TPSA) is 0 Å². The van der Waals surface area contributed by atoms with E-state index in [-0.39, 0.29) is 0 Å². The van der Waals surface area contributed by atoms with Crippen LogP contribution in [0.1, 0.15) is 32.6 Å². The summed E-state index contributed by atoms with van der Waals surface area (Å²) in [4.78, 5) is 0. The van der Waals surface area contributed by atoms with Crippen molar-refractivity contribution < 1.29 is 0 Å². The van der Waals surface area contributed by atoms with E-state index < -0.39 is 0 Å². The Hall–Kier alpha value is 0.730. The summed E-state index contributed by atoms with van der Waals surface area (Å²) in [5, 5.41) is 0. The first-order chi connectivity index (χ1) is 4.33. The van der Waals surface area contributed by atoms with Gasteiger partial charge in [-0.15, -0.1) is 0 Å². The predicted octanol–water partition coefficient (Wildman–Crippen LogP) is 3.25. The highest BCUT2D eigenvalue weighted by Gasteiger charge is 2.16. The van der Waals surface area contributed by atoms with E-state index >= 15 is 0 Å². The molecule has 1 aliphatic carbocycles. The Morgan fingerprint density at radius 2 is 1.78 bits per heavy atom. The van der Waals surface area contributed by atoms with E-state index in [1.165, 1.54) is 30.1 Å². The Kier molecular flexibility index (Phi) is 3.30. The molecular formula is C8H15I. The molecule has 0 aromatic rings. The molecule has 0 bridgehead atoms. The molecule has 0 aromatic heterocycles. The normalized spacial score (nSPS) is 36.7. The Morgan fingerprint density at radius 3 is 2.22 bits per heavy atom. The third-order valence-electron chi connectivity index (χ3n) is 2.35. The summed E-state index contributed by atoms with van der Waals surface area (Å²) in [5.41, 5.74) is 0. The highest BCUT2D eigenvalue weighted by Crippen LogP contribution is 2.29. The Bertz CT molecular complexity index is 72.6. The lowest BCUT2D eigenvalue weighted by Crippen LogP contribution is -2.12. The summed E-state index contributed by atoms with van der Waals surface area (Å²) in [6, 6.07) is 0. The number of alkyl halides is 1. The highest BCUT2D eigenvalue weighted by molar-refractivity contribution is 14.1. The first-order valence-corrected chi connectivity index (χ1v) is 5.41. The fourth-order valence-electron chi connectivity index (χ4n) is 1.48. The van der Waals surface area contributed by atoms with Crippen LogP contribution in [-0.4, -0.2) is 4.43 Å². The summed E-state index contributed by atoms with van der Waals surface area (Å²) in [6.07, 6.45) is 5.94. The molecule has 54 valence electrons. The van der Waals surface area contributed by atoms with Gasteiger partial charge in [-0.3, -0.25) is 0 Å². The van der Waals surface area contributed by atoms with Crippen LogP contribution < -0.4 is 0 Å². The summed E-state index contributed by atoms with van der Waals surface area (Å²) < 4.78 is 1.38. The van der Waals surface area contributed by atoms with Gasteiger partial charge in [0.05, 0.1) is 0 Å². The van der Waals surface area contributed by atoms with Gasteiger partial charge in [0.15, 0.2) is 0 Å². The summed E-state index contributed by atoms with van der Waals surface area (Å²) in [7, 11) is 0. The largest absolute Gasteiger partial charge is 0.0861 e. The smallest absolute Gasteiger partial charge is 0.00237 e. The van der Waals surface area contributed by atoms with E-state index in [1.807, 2.05) is 0 Å². The average Bonchev–Trinajstić information content (AvgIpc) is 1.90. The number of hydrogen-bond acceptors (Lipinski definition) is 0. The summed E-state index contributed by atoms with van der Waals surface area (Å²) in [6.45, 7) is 2.38. The SMILES string of the molecule is C[C@H]1CC[C@@H](CI)CC1. The van der Waals surface area contributed by atoms with Gasteiger partial charge in [-0.2, -0.15) is 0 Å². The van der Waals surface area contributed by atoms with Gasteiger partial charge >= 0.3 is 0 Å². The monoisotopic (exact) mass is 238 g/mol. The van der Waals surface area contributed by atoms with Crippen molar-refractivity contribution >= 4 is 22.6 Å². The predicted molar refractivity (Wildman–Crippen MR) is 50.0 cm³/mol. The van der Waals surface area contributed by atoms with Gasteiger partial charge in [0.2, 0.25) is 0 Å². The molecule has 0 radical (unpaired) electrons. The van der Waals surface area contributed by atoms with E-state index in [0.717, 1.165) is 11.8 Å². The zero-order chi connectivity index (χ0) is 6.69. The first kappa shape index (κ1) is 7.83. The van der Waals surface area contributed by atoms with Crippen LogP contribution in [0.2, 0.25) is 0 Å². The van der Waals surface area contributed by atoms with Crippen LogP contribution in [0.5, 0.6) is 0 Å². The Balaban J connectivity index is 2.18. The zero-order valence-corrected chi connectivity index (χ0v) is 8.23. The maximum absolute atomic E-state index is 2.51. The van der Waals surface area contributed by atoms with Crippen molar-refractivity contribution in [3.05, 3.63) is 0 Å². The van der Waals surface area contributed by atoms with E-state index in [1.54, 1.807) is 0 Å². The Labute approximate surface area is 71.5 Å². The average molecular weight is 238 g/mol. The molecule has 0 spiro atoms. The fraction of sp³-hybridized carbons (Fsp3) is 1.00. The molecule has 1 fully saturated rings. The molecule has 1 saturated carbocycles. The second-order valence-corrected chi connectivity index (χ2v) is 4.16. The minimum atomic E-state index is 1.02. The quantitative estimate of drug-likeness (QED) is 0.486. The lowest BCUT2D eigenvalue weighted by Gasteiger charge is -2.24. The second kappa shape index (κ2) is 3.79. The zero-order valence-electron chi connectivity index (χ0n) is 6.07. The van der Waals surface area contributed by atoms with Crippen LogP contribution in [-0.2, 0) is 0 Å². The van der Waals surface area contributed by atoms with Gasteiger partial charge in [0.1, 0.15) is 0 Å². The number of rotatable bonds is 1. The molecule has 0 N–H and O–H groups in total. The summed E-state index contributed by atoms with van der Waals surface area (Å²) >= 11 is 2.51. The maximum Gasteiger partial charge on any atom is 0.00237 e. The standard InChI is InChI=1S/C8H15I/c1-7-2-4-8(6-9)5-3-7/h7-8H,2-6H2,1H3/t7-,8+. The molecule has 1 rings (SSSR count). The van der Waals surface area contributed by atoms with Crippen molar-refractivity contribution in [1.82, 2.24) is 0 Å². The molecule has 0 atom stereocenters. The van der Waals surface area contributed by atoms with Crippen LogP contribution in [0.15, 0.2) is 0 Å². The molecule has 9 heavy (non-hydrogen) atoms. The van der Waals surface area contributed by atoms with Crippen molar-refractivity contribution in [2.45, 2.75) is 32.6 Å². The van der Waals surface area contributed by atoms with Gasteiger partial charge in [0.25, 0.3) is 0 Å². The van der Waals surface area contributed by atoms with Crippen LogP contribution in [0, 0.1) is 11.8 Å². The third-order valence-corrected chi connectivity index (χ3v) is 3.60. The van der Waals surface area contributed by atoms with Crippen molar-refractivity contribution in [2.24, 2.45) is 11.8 Å². The molecule has 0 saturated heterocycles. The van der Waals surface area contributed by atoms with Gasteiger partial charge < -0.3 is 0 Å². The molecule has 0 amide bonds. The van der Waals surface area contributed by atoms with Crippen LogP contribution in [0.3, 0.4) is 0 Å². The van der Waals surface area contributed by atoms with Crippen molar-refractivity contribution in [3.8, 4) is 0 Å². The maximum atomic E-state index is 2.51. The molecular weight excluding hydrogens is 223 g/mol. The summed E-state index contributed by atoms with van der Waals surface area (Å²) in [5.74, 6) is 2.07. The minimum Gasteiger partial charge on any atom is -0.0861 e. The number of halogens is 1. The minimum absolute atomic E-state index is 1.02. The van der Waals surface area contributed by atoms with Gasteiger partial charge in [-0.25, -0.2) is 0 Å². The van der Waals surface area contributed by atoms with E-state index in [2.05, 4.69) is 29.5 Å². The Morgan fingerprint density at radius 1 is 1.22 bits per heavy atom. The van der Waals surface area contributed by atoms with Gasteiger partial charge in [0, 0.05) is 4.43 Å². The van der Waals surface area contributed by atoms with Crippen LogP contribution in [0.4, 0.5) is 0 Å². The second-order valence-electron chi connectivity index (χ2n) is 3.28. The first-order valence-electron chi connectivity index (χ1n) is 3.89. The number of hydrogen-bond donors (Lipinski definition) is 0. The lowest BCUT2D eigenvalue weighted by molar-refractivity contribution is 0.314. The molecule has 0 heterocycles. The van der Waals surface area contributed by atoms with Crippen LogP contribution >= 0.6 is 22.6 Å². The van der Waals surface area contributed by atoms with Gasteiger partial charge in [-0.1, -0.05) is 42.4 Å².